The van der Waals surface area contributed by atoms with Gasteiger partial charge in [0.25, 0.3) is 0 Å². The van der Waals surface area contributed by atoms with Gasteiger partial charge in [0.2, 0.25) is 0 Å². The minimum atomic E-state index is -0.187. The Bertz CT molecular complexity index is 1970. The molecule has 3 aliphatic carbocycles. The molecule has 208 valence electrons. The van der Waals surface area contributed by atoms with Gasteiger partial charge in [0.05, 0.1) is 5.69 Å². The summed E-state index contributed by atoms with van der Waals surface area (Å²) in [5.74, 6) is 2.77. The number of rotatable bonds is 3. The van der Waals surface area contributed by atoms with E-state index >= 15 is 0 Å². The lowest BCUT2D eigenvalue weighted by molar-refractivity contribution is 0.627. The third-order valence-corrected chi connectivity index (χ3v) is 10.2. The Kier molecular flexibility index (Phi) is 5.26. The number of hydrogen-bond donors (Lipinski definition) is 0. The van der Waals surface area contributed by atoms with E-state index in [1.54, 1.807) is 5.57 Å². The van der Waals surface area contributed by atoms with Crippen LogP contribution in [0.3, 0.4) is 0 Å². The van der Waals surface area contributed by atoms with Crippen LogP contribution >= 0.6 is 0 Å². The summed E-state index contributed by atoms with van der Waals surface area (Å²) in [5, 5.41) is 0. The summed E-state index contributed by atoms with van der Waals surface area (Å²) in [7, 11) is 0. The topological polar surface area (TPSA) is 29.0 Å². The van der Waals surface area contributed by atoms with Gasteiger partial charge in [-0.25, -0.2) is 4.98 Å². The molecule has 9 rings (SSSR count). The first-order valence-electron chi connectivity index (χ1n) is 15.5. The quantitative estimate of drug-likeness (QED) is 0.222. The Labute approximate surface area is 253 Å². The lowest BCUT2D eigenvalue weighted by atomic mass is 9.72. The van der Waals surface area contributed by atoms with Crippen LogP contribution in [0.1, 0.15) is 54.1 Å². The summed E-state index contributed by atoms with van der Waals surface area (Å²) in [6.45, 7) is 4.66. The molecule has 0 amide bonds. The minimum absolute atomic E-state index is 0.187. The first-order chi connectivity index (χ1) is 21.1. The van der Waals surface area contributed by atoms with Crippen LogP contribution in [0.15, 0.2) is 127 Å². The van der Waals surface area contributed by atoms with Crippen molar-refractivity contribution in [1.29, 1.82) is 0 Å². The minimum Gasteiger partial charge on any atom is -0.294 e. The third-order valence-electron chi connectivity index (χ3n) is 10.2. The molecule has 0 spiro atoms. The highest BCUT2D eigenvalue weighted by Gasteiger charge is 2.46. The molecular formula is C40H33N3. The fraction of sp³-hybridized carbons (Fsp3) is 0.200. The molecule has 3 aromatic carbocycles. The summed E-state index contributed by atoms with van der Waals surface area (Å²) in [6, 6.07) is 35.5. The smallest absolute Gasteiger partial charge is 0.141 e. The van der Waals surface area contributed by atoms with E-state index in [2.05, 4.69) is 122 Å². The van der Waals surface area contributed by atoms with Crippen LogP contribution in [-0.2, 0) is 11.8 Å². The number of allylic oxidation sites excluding steroid dienone is 4. The van der Waals surface area contributed by atoms with Gasteiger partial charge in [0, 0.05) is 40.7 Å². The average Bonchev–Trinajstić information content (AvgIpc) is 3.86. The van der Waals surface area contributed by atoms with Crippen molar-refractivity contribution >= 4 is 22.8 Å². The lowest BCUT2D eigenvalue weighted by Gasteiger charge is -2.41. The number of fused-ring (bicyclic) bond motifs is 6. The van der Waals surface area contributed by atoms with Gasteiger partial charge in [-0.05, 0) is 112 Å². The molecule has 0 radical (unpaired) electrons. The number of benzene rings is 3. The van der Waals surface area contributed by atoms with E-state index in [1.165, 1.54) is 56.8 Å². The van der Waals surface area contributed by atoms with E-state index in [0.717, 1.165) is 17.9 Å². The maximum atomic E-state index is 4.89. The van der Waals surface area contributed by atoms with Crippen molar-refractivity contribution < 1.29 is 0 Å². The van der Waals surface area contributed by atoms with Gasteiger partial charge in [0.1, 0.15) is 5.82 Å². The van der Waals surface area contributed by atoms with Gasteiger partial charge in [-0.15, -0.1) is 0 Å². The summed E-state index contributed by atoms with van der Waals surface area (Å²) in [4.78, 5) is 12.0. The highest BCUT2D eigenvalue weighted by Crippen LogP contribution is 2.58. The summed E-state index contributed by atoms with van der Waals surface area (Å²) in [6.07, 6.45) is 11.0. The van der Waals surface area contributed by atoms with Crippen LogP contribution in [0.25, 0.3) is 16.7 Å². The molecule has 0 bridgehead atoms. The Hall–Kier alpha value is -4.76. The van der Waals surface area contributed by atoms with Crippen LogP contribution in [0.5, 0.6) is 0 Å². The lowest BCUT2D eigenvalue weighted by Crippen LogP contribution is -2.31. The fourth-order valence-corrected chi connectivity index (χ4v) is 7.92. The number of anilines is 3. The zero-order chi connectivity index (χ0) is 28.7. The largest absolute Gasteiger partial charge is 0.294 e. The van der Waals surface area contributed by atoms with E-state index in [-0.39, 0.29) is 5.41 Å². The first-order valence-corrected chi connectivity index (χ1v) is 15.5. The molecule has 0 N–H and O–H groups in total. The summed E-state index contributed by atoms with van der Waals surface area (Å²) in [5.41, 5.74) is 14.3. The zero-order valence-corrected chi connectivity index (χ0v) is 24.5. The molecule has 1 fully saturated rings. The highest BCUT2D eigenvalue weighted by molar-refractivity contribution is 5.88. The highest BCUT2D eigenvalue weighted by atomic mass is 15.2. The molecule has 5 aromatic rings. The normalized spacial score (nSPS) is 22.2. The second-order valence-electron chi connectivity index (χ2n) is 13.0. The Balaban J connectivity index is 1.18. The van der Waals surface area contributed by atoms with Gasteiger partial charge < -0.3 is 0 Å². The molecular weight excluding hydrogens is 522 g/mol. The van der Waals surface area contributed by atoms with Gasteiger partial charge in [-0.3, -0.25) is 9.88 Å². The number of pyridine rings is 2. The molecule has 3 nitrogen and oxygen atoms in total. The number of hydrogen-bond acceptors (Lipinski definition) is 3. The second kappa shape index (κ2) is 9.12. The van der Waals surface area contributed by atoms with Gasteiger partial charge in [0.15, 0.2) is 0 Å². The molecule has 2 aromatic heterocycles. The maximum absolute atomic E-state index is 4.89. The molecule has 3 heteroatoms. The van der Waals surface area contributed by atoms with Crippen molar-refractivity contribution in [3.8, 4) is 11.1 Å². The van der Waals surface area contributed by atoms with E-state index in [1.807, 2.05) is 18.5 Å². The van der Waals surface area contributed by atoms with Crippen molar-refractivity contribution in [3.05, 3.63) is 155 Å². The van der Waals surface area contributed by atoms with Crippen molar-refractivity contribution in [1.82, 2.24) is 9.97 Å². The Morgan fingerprint density at radius 1 is 0.767 bits per heavy atom. The zero-order valence-electron chi connectivity index (χ0n) is 24.5. The van der Waals surface area contributed by atoms with E-state index in [9.17, 15) is 0 Å². The third kappa shape index (κ3) is 3.74. The van der Waals surface area contributed by atoms with Crippen molar-refractivity contribution in [3.63, 3.8) is 0 Å². The van der Waals surface area contributed by atoms with Crippen molar-refractivity contribution in [2.75, 3.05) is 4.90 Å². The summed E-state index contributed by atoms with van der Waals surface area (Å²) < 4.78 is 0. The van der Waals surface area contributed by atoms with Crippen LogP contribution < -0.4 is 4.90 Å². The van der Waals surface area contributed by atoms with Crippen LogP contribution in [0.4, 0.5) is 17.2 Å². The molecule has 0 saturated heterocycles. The molecule has 1 aliphatic heterocycles. The van der Waals surface area contributed by atoms with Gasteiger partial charge >= 0.3 is 0 Å². The van der Waals surface area contributed by atoms with Crippen LogP contribution in [0, 0.1) is 11.8 Å². The SMILES string of the molecule is CC1(C)c2cc(-c3ccc4c(c3)C3=C(C(c5ccccn5)C4)C4CC4C=C3)ccc2N(c2ccccc2)c2ncccc21. The summed E-state index contributed by atoms with van der Waals surface area (Å²) >= 11 is 0. The Morgan fingerprint density at radius 3 is 2.44 bits per heavy atom. The average molecular weight is 556 g/mol. The fourth-order valence-electron chi connectivity index (χ4n) is 7.92. The monoisotopic (exact) mass is 555 g/mol. The standard InChI is InChI=1S/C40H33N3/c1-40(2)34-11-8-20-42-39(34)43(29-9-4-3-5-10-29)37-18-16-26(24-35(37)40)25-13-14-27-23-33(36-12-6-7-19-41-36)38-30(31(27)21-25)17-15-28-22-32(28)38/h3-21,24,28,32-33H,22-23H2,1-2H3. The molecule has 4 aliphatic rings. The predicted molar refractivity (Wildman–Crippen MR) is 175 cm³/mol. The van der Waals surface area contributed by atoms with E-state index in [0.29, 0.717) is 17.8 Å². The van der Waals surface area contributed by atoms with Gasteiger partial charge in [-0.2, -0.15) is 0 Å². The predicted octanol–water partition coefficient (Wildman–Crippen LogP) is 9.55. The van der Waals surface area contributed by atoms with Crippen LogP contribution in [-0.4, -0.2) is 9.97 Å². The van der Waals surface area contributed by atoms with E-state index < -0.39 is 0 Å². The number of aromatic nitrogens is 2. The molecule has 3 atom stereocenters. The molecule has 3 unspecified atom stereocenters. The first kappa shape index (κ1) is 24.8. The van der Waals surface area contributed by atoms with Crippen molar-refractivity contribution in [2.24, 2.45) is 11.8 Å². The Morgan fingerprint density at radius 2 is 1.58 bits per heavy atom. The molecule has 1 saturated carbocycles. The second-order valence-corrected chi connectivity index (χ2v) is 13.0. The molecule has 3 heterocycles. The van der Waals surface area contributed by atoms with E-state index in [4.69, 9.17) is 9.97 Å². The number of nitrogens with zero attached hydrogens (tertiary/aromatic N) is 3. The van der Waals surface area contributed by atoms with Crippen LogP contribution in [0.2, 0.25) is 0 Å². The van der Waals surface area contributed by atoms with Gasteiger partial charge in [-0.1, -0.05) is 74.5 Å². The molecule has 43 heavy (non-hydrogen) atoms. The maximum Gasteiger partial charge on any atom is 0.141 e. The number of para-hydroxylation sites is 1. The van der Waals surface area contributed by atoms with Crippen molar-refractivity contribution in [2.45, 2.75) is 38.0 Å².